The average molecular weight is 322 g/mol. The van der Waals surface area contributed by atoms with Gasteiger partial charge in [-0.2, -0.15) is 26.3 Å². The molecule has 2 unspecified atom stereocenters. The van der Waals surface area contributed by atoms with E-state index < -0.39 is 36.1 Å². The fourth-order valence-electron chi connectivity index (χ4n) is 2.46. The van der Waals surface area contributed by atoms with Crippen molar-refractivity contribution in [3.8, 4) is 0 Å². The molecule has 0 bridgehead atoms. The average Bonchev–Trinajstić information content (AvgIpc) is 2.28. The first kappa shape index (κ1) is 20.1. The van der Waals surface area contributed by atoms with Crippen molar-refractivity contribution in [3.05, 3.63) is 0 Å². The summed E-state index contributed by atoms with van der Waals surface area (Å²) in [5.74, 6) is -6.72. The molecule has 0 rings (SSSR count). The number of hydrogen-bond donors (Lipinski definition) is 1. The van der Waals surface area contributed by atoms with Gasteiger partial charge in [0.15, 0.2) is 5.92 Å². The van der Waals surface area contributed by atoms with Crippen LogP contribution in [0.1, 0.15) is 46.0 Å². The third-order valence-electron chi connectivity index (χ3n) is 3.67. The van der Waals surface area contributed by atoms with Crippen molar-refractivity contribution in [1.82, 2.24) is 0 Å². The molecule has 0 amide bonds. The van der Waals surface area contributed by atoms with Crippen LogP contribution in [-0.4, -0.2) is 23.4 Å². The first-order chi connectivity index (χ1) is 9.45. The van der Waals surface area contributed by atoms with Gasteiger partial charge in [-0.1, -0.05) is 26.7 Å². The van der Waals surface area contributed by atoms with E-state index in [-0.39, 0.29) is 25.7 Å². The molecule has 0 aromatic carbocycles. The standard InChI is InChI=1S/C13H20F6O2/c1-3-8(6-5-7-9(4-2)11(20)21)10(12(14,15)16)13(17,18)19/h8-10H,3-7H2,1-2H3,(H,20,21). The topological polar surface area (TPSA) is 37.3 Å². The number of carboxylic acids is 1. The summed E-state index contributed by atoms with van der Waals surface area (Å²) < 4.78 is 75.7. The Bertz CT molecular complexity index is 310. The number of aliphatic carboxylic acids is 1. The molecule has 2 atom stereocenters. The van der Waals surface area contributed by atoms with Crippen LogP contribution in [0.15, 0.2) is 0 Å². The molecule has 0 aliphatic carbocycles. The molecule has 21 heavy (non-hydrogen) atoms. The predicted octanol–water partition coefficient (Wildman–Crippen LogP) is 5.03. The number of alkyl halides is 6. The number of hydrogen-bond acceptors (Lipinski definition) is 1. The van der Waals surface area contributed by atoms with E-state index in [1.807, 2.05) is 0 Å². The summed E-state index contributed by atoms with van der Waals surface area (Å²) >= 11 is 0. The van der Waals surface area contributed by atoms with Gasteiger partial charge >= 0.3 is 18.3 Å². The molecule has 8 heteroatoms. The highest BCUT2D eigenvalue weighted by molar-refractivity contribution is 5.69. The van der Waals surface area contributed by atoms with Crippen LogP contribution in [0.3, 0.4) is 0 Å². The van der Waals surface area contributed by atoms with Crippen molar-refractivity contribution < 1.29 is 36.2 Å². The van der Waals surface area contributed by atoms with Gasteiger partial charge in [-0.15, -0.1) is 0 Å². The zero-order valence-corrected chi connectivity index (χ0v) is 11.9. The first-order valence-corrected chi connectivity index (χ1v) is 6.81. The fraction of sp³-hybridized carbons (Fsp3) is 0.923. The predicted molar refractivity (Wildman–Crippen MR) is 64.6 cm³/mol. The molecule has 0 saturated carbocycles. The number of carbonyl (C=O) groups is 1. The zero-order chi connectivity index (χ0) is 16.8. The number of rotatable bonds is 8. The van der Waals surface area contributed by atoms with E-state index in [1.54, 1.807) is 6.92 Å². The van der Waals surface area contributed by atoms with E-state index in [0.717, 1.165) is 0 Å². The SMILES string of the molecule is CCC(CCCC(CC)C(C(F)(F)F)C(F)(F)F)C(=O)O. The van der Waals surface area contributed by atoms with Crippen LogP contribution < -0.4 is 0 Å². The molecule has 126 valence electrons. The Morgan fingerprint density at radius 2 is 1.43 bits per heavy atom. The molecule has 0 aromatic rings. The lowest BCUT2D eigenvalue weighted by Crippen LogP contribution is -2.41. The molecule has 0 aliphatic rings. The molecule has 0 heterocycles. The van der Waals surface area contributed by atoms with Crippen LogP contribution in [0.2, 0.25) is 0 Å². The van der Waals surface area contributed by atoms with Crippen molar-refractivity contribution in [1.29, 1.82) is 0 Å². The van der Waals surface area contributed by atoms with E-state index in [2.05, 4.69) is 0 Å². The number of halogens is 6. The quantitative estimate of drug-likeness (QED) is 0.636. The maximum absolute atomic E-state index is 12.6. The highest BCUT2D eigenvalue weighted by Crippen LogP contribution is 2.46. The van der Waals surface area contributed by atoms with Crippen molar-refractivity contribution >= 4 is 5.97 Å². The van der Waals surface area contributed by atoms with E-state index >= 15 is 0 Å². The van der Waals surface area contributed by atoms with Gasteiger partial charge in [0, 0.05) is 0 Å². The van der Waals surface area contributed by atoms with Gasteiger partial charge < -0.3 is 5.11 Å². The summed E-state index contributed by atoms with van der Waals surface area (Å²) in [6.45, 7) is 2.90. The van der Waals surface area contributed by atoms with Crippen LogP contribution in [0.4, 0.5) is 26.3 Å². The van der Waals surface area contributed by atoms with Crippen LogP contribution in [0.5, 0.6) is 0 Å². The molecule has 0 radical (unpaired) electrons. The second kappa shape index (κ2) is 7.89. The van der Waals surface area contributed by atoms with Crippen molar-refractivity contribution in [2.75, 3.05) is 0 Å². The van der Waals surface area contributed by atoms with Gasteiger partial charge in [0.1, 0.15) is 0 Å². The maximum Gasteiger partial charge on any atom is 0.400 e. The van der Waals surface area contributed by atoms with Gasteiger partial charge in [-0.05, 0) is 25.2 Å². The number of carboxylic acid groups (broad SMARTS) is 1. The van der Waals surface area contributed by atoms with E-state index in [9.17, 15) is 31.1 Å². The second-order valence-corrected chi connectivity index (χ2v) is 5.10. The van der Waals surface area contributed by atoms with Crippen molar-refractivity contribution in [3.63, 3.8) is 0 Å². The summed E-state index contributed by atoms with van der Waals surface area (Å²) in [6.07, 6.45) is -10.8. The summed E-state index contributed by atoms with van der Waals surface area (Å²) in [7, 11) is 0. The van der Waals surface area contributed by atoms with Gasteiger partial charge in [-0.25, -0.2) is 0 Å². The minimum absolute atomic E-state index is 0.0337. The molecule has 0 aromatic heterocycles. The van der Waals surface area contributed by atoms with Gasteiger partial charge in [-0.3, -0.25) is 4.79 Å². The van der Waals surface area contributed by atoms with E-state index in [0.29, 0.717) is 6.42 Å². The van der Waals surface area contributed by atoms with Crippen LogP contribution in [-0.2, 0) is 4.79 Å². The Kier molecular flexibility index (Phi) is 7.53. The van der Waals surface area contributed by atoms with Gasteiger partial charge in [0.25, 0.3) is 0 Å². The van der Waals surface area contributed by atoms with E-state index in [4.69, 9.17) is 5.11 Å². The minimum atomic E-state index is -5.34. The lowest BCUT2D eigenvalue weighted by atomic mass is 9.83. The van der Waals surface area contributed by atoms with Crippen LogP contribution in [0.25, 0.3) is 0 Å². The molecule has 0 spiro atoms. The lowest BCUT2D eigenvalue weighted by molar-refractivity contribution is -0.299. The van der Waals surface area contributed by atoms with Crippen LogP contribution >= 0.6 is 0 Å². The monoisotopic (exact) mass is 322 g/mol. The molecular weight excluding hydrogens is 302 g/mol. The van der Waals surface area contributed by atoms with E-state index in [1.165, 1.54) is 6.92 Å². The smallest absolute Gasteiger partial charge is 0.400 e. The Hall–Kier alpha value is -0.950. The molecule has 0 fully saturated rings. The normalized spacial score (nSPS) is 16.0. The summed E-state index contributed by atoms with van der Waals surface area (Å²) in [5, 5.41) is 8.80. The molecule has 0 saturated heterocycles. The largest absolute Gasteiger partial charge is 0.481 e. The summed E-state index contributed by atoms with van der Waals surface area (Å²) in [5.41, 5.74) is 0. The van der Waals surface area contributed by atoms with Gasteiger partial charge in [0.2, 0.25) is 0 Å². The van der Waals surface area contributed by atoms with Crippen molar-refractivity contribution in [2.24, 2.45) is 17.8 Å². The van der Waals surface area contributed by atoms with Crippen molar-refractivity contribution in [2.45, 2.75) is 58.3 Å². The summed E-state index contributed by atoms with van der Waals surface area (Å²) in [4.78, 5) is 10.8. The third kappa shape index (κ3) is 6.56. The first-order valence-electron chi connectivity index (χ1n) is 6.81. The molecular formula is C13H20F6O2. The molecule has 2 nitrogen and oxygen atoms in total. The Labute approximate surface area is 119 Å². The Morgan fingerprint density at radius 3 is 1.71 bits per heavy atom. The van der Waals surface area contributed by atoms with Crippen LogP contribution in [0, 0.1) is 17.8 Å². The fourth-order valence-corrected chi connectivity index (χ4v) is 2.46. The molecule has 1 N–H and O–H groups in total. The highest BCUT2D eigenvalue weighted by atomic mass is 19.4. The Balaban J connectivity index is 4.79. The third-order valence-corrected chi connectivity index (χ3v) is 3.67. The second-order valence-electron chi connectivity index (χ2n) is 5.10. The highest BCUT2D eigenvalue weighted by Gasteiger charge is 2.59. The molecule has 0 aliphatic heterocycles. The zero-order valence-electron chi connectivity index (χ0n) is 11.9. The summed E-state index contributed by atoms with van der Waals surface area (Å²) in [6, 6.07) is 0. The minimum Gasteiger partial charge on any atom is -0.481 e. The maximum atomic E-state index is 12.6. The lowest BCUT2D eigenvalue weighted by Gasteiger charge is -2.30. The Morgan fingerprint density at radius 1 is 0.952 bits per heavy atom. The van der Waals surface area contributed by atoms with Gasteiger partial charge in [0.05, 0.1) is 5.92 Å².